The molecule has 1 unspecified atom stereocenters. The molecule has 0 saturated carbocycles. The lowest BCUT2D eigenvalue weighted by Crippen LogP contribution is -2.22. The van der Waals surface area contributed by atoms with Gasteiger partial charge in [0.15, 0.2) is 0 Å². The van der Waals surface area contributed by atoms with E-state index >= 15 is 0 Å². The van der Waals surface area contributed by atoms with Crippen molar-refractivity contribution in [3.8, 4) is 0 Å². The molecule has 1 saturated heterocycles. The Balaban J connectivity index is 1.75. The number of aromatic nitrogens is 2. The smallest absolute Gasteiger partial charge is 0.0638 e. The fraction of sp³-hybridized carbons (Fsp3) is 0.727. The largest absolute Gasteiger partial charge is 0.311 e. The predicted molar refractivity (Wildman–Crippen MR) is 65.1 cm³/mol. The maximum atomic E-state index is 4.33. The highest BCUT2D eigenvalue weighted by atomic mass is 32.2. The Bertz CT molecular complexity index is 316. The van der Waals surface area contributed by atoms with Crippen molar-refractivity contribution in [3.63, 3.8) is 0 Å². The van der Waals surface area contributed by atoms with E-state index in [1.807, 2.05) is 11.7 Å². The molecule has 1 aromatic heterocycles. The number of hydrogen-bond donors (Lipinski definition) is 1. The first-order chi connectivity index (χ1) is 7.25. The number of thioether (sulfide) groups is 1. The van der Waals surface area contributed by atoms with Crippen molar-refractivity contribution in [3.05, 3.63) is 17.5 Å². The highest BCUT2D eigenvalue weighted by Gasteiger charge is 2.14. The zero-order valence-corrected chi connectivity index (χ0v) is 10.3. The number of hydrogen-bond acceptors (Lipinski definition) is 3. The van der Waals surface area contributed by atoms with Gasteiger partial charge in [0, 0.05) is 37.1 Å². The molecule has 4 heteroatoms. The molecule has 0 spiro atoms. The molecule has 1 aliphatic rings. The third kappa shape index (κ3) is 2.98. The van der Waals surface area contributed by atoms with Gasteiger partial charge in [0.1, 0.15) is 0 Å². The van der Waals surface area contributed by atoms with Crippen LogP contribution in [-0.4, -0.2) is 27.3 Å². The summed E-state index contributed by atoms with van der Waals surface area (Å²) in [7, 11) is 1.98. The van der Waals surface area contributed by atoms with Crippen molar-refractivity contribution >= 4 is 11.8 Å². The Hall–Kier alpha value is -0.480. The fourth-order valence-corrected chi connectivity index (χ4v) is 3.23. The van der Waals surface area contributed by atoms with E-state index in [2.05, 4.69) is 35.3 Å². The maximum Gasteiger partial charge on any atom is 0.0638 e. The molecular weight excluding hydrogens is 206 g/mol. The predicted octanol–water partition coefficient (Wildman–Crippen LogP) is 1.71. The highest BCUT2D eigenvalue weighted by molar-refractivity contribution is 8.00. The van der Waals surface area contributed by atoms with Crippen LogP contribution >= 0.6 is 11.8 Å². The van der Waals surface area contributed by atoms with Crippen molar-refractivity contribution in [1.82, 2.24) is 15.1 Å². The van der Waals surface area contributed by atoms with Crippen LogP contribution < -0.4 is 5.32 Å². The summed E-state index contributed by atoms with van der Waals surface area (Å²) < 4.78 is 1.89. The van der Waals surface area contributed by atoms with Gasteiger partial charge in [-0.1, -0.05) is 0 Å². The molecule has 0 bridgehead atoms. The standard InChI is InChI=1S/C11H19N3S/c1-9-10(8-14(2)13-9)6-12-7-11-4-3-5-15-11/h8,11-12H,3-7H2,1-2H3. The summed E-state index contributed by atoms with van der Waals surface area (Å²) in [5.41, 5.74) is 2.46. The molecule has 0 amide bonds. The second kappa shape index (κ2) is 5.03. The summed E-state index contributed by atoms with van der Waals surface area (Å²) in [6.07, 6.45) is 4.87. The number of nitrogens with zero attached hydrogens (tertiary/aromatic N) is 2. The number of rotatable bonds is 4. The van der Waals surface area contributed by atoms with Crippen molar-refractivity contribution in [2.45, 2.75) is 31.6 Å². The van der Waals surface area contributed by atoms with Crippen molar-refractivity contribution in [2.24, 2.45) is 7.05 Å². The van der Waals surface area contributed by atoms with E-state index in [9.17, 15) is 0 Å². The van der Waals surface area contributed by atoms with E-state index in [1.165, 1.54) is 24.2 Å². The molecule has 0 radical (unpaired) electrons. The summed E-state index contributed by atoms with van der Waals surface area (Å²) in [6.45, 7) is 4.16. The molecule has 2 heterocycles. The van der Waals surface area contributed by atoms with Crippen molar-refractivity contribution in [2.75, 3.05) is 12.3 Å². The first kappa shape index (κ1) is 11.0. The molecule has 1 atom stereocenters. The Morgan fingerprint density at radius 2 is 2.53 bits per heavy atom. The molecule has 1 fully saturated rings. The Labute approximate surface area is 95.6 Å². The molecule has 1 aromatic rings. The molecular formula is C11H19N3S. The molecule has 15 heavy (non-hydrogen) atoms. The van der Waals surface area contributed by atoms with E-state index in [-0.39, 0.29) is 0 Å². The van der Waals surface area contributed by atoms with Gasteiger partial charge in [0.05, 0.1) is 5.69 Å². The van der Waals surface area contributed by atoms with Gasteiger partial charge in [-0.3, -0.25) is 4.68 Å². The summed E-state index contributed by atoms with van der Waals surface area (Å²) in [6, 6.07) is 0. The van der Waals surface area contributed by atoms with Gasteiger partial charge < -0.3 is 5.32 Å². The van der Waals surface area contributed by atoms with Gasteiger partial charge in [-0.25, -0.2) is 0 Å². The van der Waals surface area contributed by atoms with Crippen LogP contribution in [0.4, 0.5) is 0 Å². The first-order valence-corrected chi connectivity index (χ1v) is 6.62. The Kier molecular flexibility index (Phi) is 3.70. The Morgan fingerprint density at radius 1 is 1.67 bits per heavy atom. The average molecular weight is 225 g/mol. The van der Waals surface area contributed by atoms with Gasteiger partial charge in [-0.15, -0.1) is 0 Å². The molecule has 0 aliphatic carbocycles. The normalized spacial score (nSPS) is 21.1. The third-order valence-corrected chi connectivity index (χ3v) is 4.22. The van der Waals surface area contributed by atoms with Crippen LogP contribution in [0.2, 0.25) is 0 Å². The summed E-state index contributed by atoms with van der Waals surface area (Å²) >= 11 is 2.10. The van der Waals surface area contributed by atoms with Crippen LogP contribution in [-0.2, 0) is 13.6 Å². The van der Waals surface area contributed by atoms with Crippen LogP contribution in [0.3, 0.4) is 0 Å². The second-order valence-corrected chi connectivity index (χ2v) is 5.59. The van der Waals surface area contributed by atoms with E-state index < -0.39 is 0 Å². The summed E-state index contributed by atoms with van der Waals surface area (Å²) in [4.78, 5) is 0. The van der Waals surface area contributed by atoms with Crippen molar-refractivity contribution < 1.29 is 0 Å². The number of nitrogens with one attached hydrogen (secondary N) is 1. The van der Waals surface area contributed by atoms with Crippen molar-refractivity contribution in [1.29, 1.82) is 0 Å². The van der Waals surface area contributed by atoms with Gasteiger partial charge in [0.25, 0.3) is 0 Å². The molecule has 84 valence electrons. The maximum absolute atomic E-state index is 4.33. The minimum atomic E-state index is 0.835. The van der Waals surface area contributed by atoms with E-state index in [0.29, 0.717) is 0 Å². The Morgan fingerprint density at radius 3 is 3.13 bits per heavy atom. The zero-order valence-electron chi connectivity index (χ0n) is 9.49. The molecule has 3 nitrogen and oxygen atoms in total. The number of aryl methyl sites for hydroxylation is 2. The first-order valence-electron chi connectivity index (χ1n) is 5.57. The van der Waals surface area contributed by atoms with E-state index in [1.54, 1.807) is 0 Å². The highest BCUT2D eigenvalue weighted by Crippen LogP contribution is 2.25. The van der Waals surface area contributed by atoms with Crippen LogP contribution in [0.5, 0.6) is 0 Å². The van der Waals surface area contributed by atoms with Gasteiger partial charge >= 0.3 is 0 Å². The lowest BCUT2D eigenvalue weighted by molar-refractivity contribution is 0.644. The molecule has 0 aromatic carbocycles. The van der Waals surface area contributed by atoms with Gasteiger partial charge in [-0.2, -0.15) is 16.9 Å². The average Bonchev–Trinajstić information content (AvgIpc) is 2.77. The molecule has 2 rings (SSSR count). The summed E-state index contributed by atoms with van der Waals surface area (Å²) in [5, 5.41) is 8.69. The minimum absolute atomic E-state index is 0.835. The van der Waals surface area contributed by atoms with Gasteiger partial charge in [0.2, 0.25) is 0 Å². The quantitative estimate of drug-likeness (QED) is 0.846. The van der Waals surface area contributed by atoms with Crippen LogP contribution in [0.1, 0.15) is 24.1 Å². The van der Waals surface area contributed by atoms with E-state index in [4.69, 9.17) is 0 Å². The minimum Gasteiger partial charge on any atom is -0.311 e. The molecule has 1 aliphatic heterocycles. The second-order valence-electron chi connectivity index (χ2n) is 4.18. The molecule has 1 N–H and O–H groups in total. The topological polar surface area (TPSA) is 29.9 Å². The SMILES string of the molecule is Cc1nn(C)cc1CNCC1CCCS1. The third-order valence-electron chi connectivity index (χ3n) is 2.83. The van der Waals surface area contributed by atoms with Crippen LogP contribution in [0, 0.1) is 6.92 Å². The van der Waals surface area contributed by atoms with Crippen LogP contribution in [0.25, 0.3) is 0 Å². The van der Waals surface area contributed by atoms with Crippen LogP contribution in [0.15, 0.2) is 6.20 Å². The fourth-order valence-electron chi connectivity index (χ4n) is 2.00. The monoisotopic (exact) mass is 225 g/mol. The lowest BCUT2D eigenvalue weighted by Gasteiger charge is -2.09. The lowest BCUT2D eigenvalue weighted by atomic mass is 10.2. The van der Waals surface area contributed by atoms with Gasteiger partial charge in [-0.05, 0) is 25.5 Å². The summed E-state index contributed by atoms with van der Waals surface area (Å²) in [5.74, 6) is 1.35. The van der Waals surface area contributed by atoms with E-state index in [0.717, 1.165) is 24.0 Å². The zero-order chi connectivity index (χ0) is 10.7.